The summed E-state index contributed by atoms with van der Waals surface area (Å²) in [6, 6.07) is 9.96. The van der Waals surface area contributed by atoms with Gasteiger partial charge in [0.1, 0.15) is 0 Å². The molecule has 0 N–H and O–H groups in total. The lowest BCUT2D eigenvalue weighted by molar-refractivity contribution is -0.135. The van der Waals surface area contributed by atoms with Gasteiger partial charge in [0.05, 0.1) is 31.0 Å². The Labute approximate surface area is 164 Å². The quantitative estimate of drug-likeness (QED) is 0.780. The van der Waals surface area contributed by atoms with E-state index in [-0.39, 0.29) is 17.4 Å². The Hall–Kier alpha value is -2.67. The molecule has 2 aliphatic heterocycles. The van der Waals surface area contributed by atoms with Crippen molar-refractivity contribution in [1.29, 1.82) is 0 Å². The first-order valence-electron chi connectivity index (χ1n) is 9.82. The number of ether oxygens (including phenoxy) is 1. The summed E-state index contributed by atoms with van der Waals surface area (Å²) in [5, 5.41) is 4.23. The molecule has 7 nitrogen and oxygen atoms in total. The lowest BCUT2D eigenvalue weighted by Crippen LogP contribution is -2.40. The van der Waals surface area contributed by atoms with Gasteiger partial charge in [0.2, 0.25) is 5.91 Å². The van der Waals surface area contributed by atoms with Crippen LogP contribution in [0.5, 0.6) is 0 Å². The normalized spacial score (nSPS) is 19.0. The minimum absolute atomic E-state index is 0.0267. The molecule has 0 aliphatic carbocycles. The van der Waals surface area contributed by atoms with Gasteiger partial charge in [-0.1, -0.05) is 24.3 Å². The van der Waals surface area contributed by atoms with Crippen LogP contribution in [0.4, 0.5) is 5.69 Å². The van der Waals surface area contributed by atoms with Crippen LogP contribution < -0.4 is 10.5 Å². The summed E-state index contributed by atoms with van der Waals surface area (Å²) < 4.78 is 6.40. The van der Waals surface area contributed by atoms with Crippen LogP contribution in [-0.2, 0) is 29.0 Å². The summed E-state index contributed by atoms with van der Waals surface area (Å²) >= 11 is 0. The molecule has 28 heavy (non-hydrogen) atoms. The predicted octanol–water partition coefficient (Wildman–Crippen LogP) is 1.30. The average Bonchev–Trinajstić information content (AvgIpc) is 3.22. The molecule has 0 saturated carbocycles. The van der Waals surface area contributed by atoms with E-state index >= 15 is 0 Å². The topological polar surface area (TPSA) is 67.7 Å². The van der Waals surface area contributed by atoms with Gasteiger partial charge in [-0.25, -0.2) is 4.68 Å². The van der Waals surface area contributed by atoms with Gasteiger partial charge in [0.25, 0.3) is 5.56 Å². The minimum Gasteiger partial charge on any atom is -0.383 e. The summed E-state index contributed by atoms with van der Waals surface area (Å²) in [5.41, 5.74) is 3.25. The number of carbonyl (C=O) groups excluding carboxylic acids is 1. The molecule has 1 atom stereocenters. The number of hydrogen-bond donors (Lipinski definition) is 0. The molecule has 7 heteroatoms. The van der Waals surface area contributed by atoms with Gasteiger partial charge in [0.15, 0.2) is 0 Å². The maximum atomic E-state index is 13.0. The summed E-state index contributed by atoms with van der Waals surface area (Å²) in [6.07, 6.45) is 3.44. The highest BCUT2D eigenvalue weighted by Gasteiger charge is 2.33. The molecule has 1 unspecified atom stereocenters. The number of amides is 1. The summed E-state index contributed by atoms with van der Waals surface area (Å²) in [7, 11) is 1.60. The molecule has 148 valence electrons. The number of anilines is 1. The highest BCUT2D eigenvalue weighted by molar-refractivity contribution is 5.80. The molecule has 1 fully saturated rings. The van der Waals surface area contributed by atoms with E-state index in [1.54, 1.807) is 19.4 Å². The SMILES string of the molecule is COCCn1ncc(N2CCC(C(=O)N3CCc4ccccc4C3)C2)cc1=O. The van der Waals surface area contributed by atoms with E-state index < -0.39 is 0 Å². The molecular formula is C21H26N4O3. The first-order valence-corrected chi connectivity index (χ1v) is 9.82. The maximum absolute atomic E-state index is 13.0. The smallest absolute Gasteiger partial charge is 0.268 e. The van der Waals surface area contributed by atoms with Gasteiger partial charge in [-0.15, -0.1) is 0 Å². The molecule has 0 spiro atoms. The van der Waals surface area contributed by atoms with Crippen molar-refractivity contribution in [3.8, 4) is 0 Å². The van der Waals surface area contributed by atoms with E-state index in [0.29, 0.717) is 26.2 Å². The van der Waals surface area contributed by atoms with E-state index in [1.807, 2.05) is 11.0 Å². The maximum Gasteiger partial charge on any atom is 0.268 e. The van der Waals surface area contributed by atoms with Crippen LogP contribution in [0.25, 0.3) is 0 Å². The third-order valence-corrected chi connectivity index (χ3v) is 5.71. The molecule has 2 aliphatic rings. The van der Waals surface area contributed by atoms with Crippen LogP contribution in [0.15, 0.2) is 41.3 Å². The first kappa shape index (κ1) is 18.7. The number of nitrogens with zero attached hydrogens (tertiary/aromatic N) is 4. The summed E-state index contributed by atoms with van der Waals surface area (Å²) in [6.45, 7) is 3.77. The van der Waals surface area contributed by atoms with Gasteiger partial charge in [-0.2, -0.15) is 5.10 Å². The van der Waals surface area contributed by atoms with Crippen molar-refractivity contribution < 1.29 is 9.53 Å². The Morgan fingerprint density at radius 2 is 2.07 bits per heavy atom. The van der Waals surface area contributed by atoms with Crippen molar-refractivity contribution in [2.75, 3.05) is 38.3 Å². The number of rotatable bonds is 5. The Bertz CT molecular complexity index is 911. The van der Waals surface area contributed by atoms with E-state index in [1.165, 1.54) is 15.8 Å². The van der Waals surface area contributed by atoms with Gasteiger partial charge >= 0.3 is 0 Å². The highest BCUT2D eigenvalue weighted by Crippen LogP contribution is 2.26. The second kappa shape index (κ2) is 8.14. The van der Waals surface area contributed by atoms with E-state index in [2.05, 4.69) is 28.2 Å². The van der Waals surface area contributed by atoms with Crippen LogP contribution in [0, 0.1) is 5.92 Å². The summed E-state index contributed by atoms with van der Waals surface area (Å²) in [5.74, 6) is 0.194. The van der Waals surface area contributed by atoms with Crippen LogP contribution >= 0.6 is 0 Å². The van der Waals surface area contributed by atoms with Gasteiger partial charge in [-0.3, -0.25) is 9.59 Å². The van der Waals surface area contributed by atoms with Crippen molar-refractivity contribution in [3.63, 3.8) is 0 Å². The fourth-order valence-electron chi connectivity index (χ4n) is 4.08. The molecule has 1 amide bonds. The predicted molar refractivity (Wildman–Crippen MR) is 106 cm³/mol. The van der Waals surface area contributed by atoms with Gasteiger partial charge in [-0.05, 0) is 24.0 Å². The number of hydrogen-bond acceptors (Lipinski definition) is 5. The molecule has 0 bridgehead atoms. The first-order chi connectivity index (χ1) is 13.7. The molecular weight excluding hydrogens is 356 g/mol. The fourth-order valence-corrected chi connectivity index (χ4v) is 4.08. The van der Waals surface area contributed by atoms with Crippen molar-refractivity contribution in [2.24, 2.45) is 5.92 Å². The molecule has 1 saturated heterocycles. The van der Waals surface area contributed by atoms with Crippen LogP contribution in [-0.4, -0.2) is 53.9 Å². The summed E-state index contributed by atoms with van der Waals surface area (Å²) in [4.78, 5) is 29.3. The zero-order valence-electron chi connectivity index (χ0n) is 16.2. The molecule has 0 radical (unpaired) electrons. The van der Waals surface area contributed by atoms with Crippen molar-refractivity contribution in [3.05, 3.63) is 58.0 Å². The lowest BCUT2D eigenvalue weighted by atomic mass is 9.98. The molecule has 1 aromatic carbocycles. The van der Waals surface area contributed by atoms with Crippen LogP contribution in [0.1, 0.15) is 17.5 Å². The van der Waals surface area contributed by atoms with E-state index in [0.717, 1.165) is 31.6 Å². The van der Waals surface area contributed by atoms with Crippen molar-refractivity contribution in [2.45, 2.75) is 25.9 Å². The van der Waals surface area contributed by atoms with Crippen LogP contribution in [0.2, 0.25) is 0 Å². The zero-order chi connectivity index (χ0) is 19.5. The Morgan fingerprint density at radius 3 is 2.86 bits per heavy atom. The number of methoxy groups -OCH3 is 1. The van der Waals surface area contributed by atoms with Crippen molar-refractivity contribution in [1.82, 2.24) is 14.7 Å². The van der Waals surface area contributed by atoms with Crippen molar-refractivity contribution >= 4 is 11.6 Å². The minimum atomic E-state index is -0.142. The second-order valence-corrected chi connectivity index (χ2v) is 7.48. The molecule has 3 heterocycles. The number of aromatic nitrogens is 2. The third-order valence-electron chi connectivity index (χ3n) is 5.71. The van der Waals surface area contributed by atoms with E-state index in [9.17, 15) is 9.59 Å². The number of benzene rings is 1. The monoisotopic (exact) mass is 382 g/mol. The largest absolute Gasteiger partial charge is 0.383 e. The standard InChI is InChI=1S/C21H26N4O3/c1-28-11-10-25-20(26)12-19(13-22-25)23-8-7-18(15-23)21(27)24-9-6-16-4-2-3-5-17(16)14-24/h2-5,12-13,18H,6-11,14-15H2,1H3. The highest BCUT2D eigenvalue weighted by atomic mass is 16.5. The van der Waals surface area contributed by atoms with Crippen LogP contribution in [0.3, 0.4) is 0 Å². The number of carbonyl (C=O) groups is 1. The molecule has 1 aromatic heterocycles. The Balaban J connectivity index is 1.40. The van der Waals surface area contributed by atoms with Gasteiger partial charge < -0.3 is 14.5 Å². The van der Waals surface area contributed by atoms with Gasteiger partial charge in [0, 0.05) is 39.4 Å². The zero-order valence-corrected chi connectivity index (χ0v) is 16.2. The third kappa shape index (κ3) is 3.80. The second-order valence-electron chi connectivity index (χ2n) is 7.48. The molecule has 2 aromatic rings. The Kier molecular flexibility index (Phi) is 5.43. The Morgan fingerprint density at radius 1 is 1.25 bits per heavy atom. The average molecular weight is 382 g/mol. The van der Waals surface area contributed by atoms with E-state index in [4.69, 9.17) is 4.74 Å². The number of fused-ring (bicyclic) bond motifs is 1. The fraction of sp³-hybridized carbons (Fsp3) is 0.476. The molecule has 4 rings (SSSR count). The lowest BCUT2D eigenvalue weighted by Gasteiger charge is -2.31.